The fraction of sp³-hybridized carbons (Fsp3) is 0.417. The zero-order chi connectivity index (χ0) is 12.4. The number of methoxy groups -OCH3 is 2. The molecule has 2 unspecified atom stereocenters. The van der Waals surface area contributed by atoms with Gasteiger partial charge in [-0.15, -0.1) is 0 Å². The molecule has 17 heavy (non-hydrogen) atoms. The quantitative estimate of drug-likeness (QED) is 0.859. The Balaban J connectivity index is 2.40. The molecule has 0 aliphatic carbocycles. The zero-order valence-corrected chi connectivity index (χ0v) is 10.0. The van der Waals surface area contributed by atoms with Crippen LogP contribution in [0.1, 0.15) is 18.7 Å². The Morgan fingerprint density at radius 2 is 1.82 bits per heavy atom. The van der Waals surface area contributed by atoms with Gasteiger partial charge in [0, 0.05) is 0 Å². The zero-order valence-electron chi connectivity index (χ0n) is 10.0. The average molecular weight is 237 g/mol. The van der Waals surface area contributed by atoms with E-state index in [4.69, 9.17) is 14.2 Å². The average Bonchev–Trinajstić information content (AvgIpc) is 2.68. The van der Waals surface area contributed by atoms with Gasteiger partial charge in [0.2, 0.25) is 0 Å². The largest absolute Gasteiger partial charge is 0.496 e. The summed E-state index contributed by atoms with van der Waals surface area (Å²) in [6, 6.07) is 5.42. The van der Waals surface area contributed by atoms with E-state index in [2.05, 4.69) is 5.32 Å². The van der Waals surface area contributed by atoms with Crippen molar-refractivity contribution in [2.45, 2.75) is 19.3 Å². The minimum Gasteiger partial charge on any atom is -0.496 e. The summed E-state index contributed by atoms with van der Waals surface area (Å²) >= 11 is 0. The van der Waals surface area contributed by atoms with E-state index in [1.807, 2.05) is 6.07 Å². The summed E-state index contributed by atoms with van der Waals surface area (Å²) in [4.78, 5) is 11.4. The molecule has 1 aromatic rings. The molecule has 1 heterocycles. The predicted octanol–water partition coefficient (Wildman–Crippen LogP) is 1.24. The lowest BCUT2D eigenvalue weighted by Gasteiger charge is -2.17. The predicted molar refractivity (Wildman–Crippen MR) is 61.0 cm³/mol. The molecule has 0 spiro atoms. The van der Waals surface area contributed by atoms with Crippen LogP contribution >= 0.6 is 0 Å². The molecule has 0 aromatic heterocycles. The van der Waals surface area contributed by atoms with E-state index in [0.29, 0.717) is 17.1 Å². The van der Waals surface area contributed by atoms with Crippen molar-refractivity contribution >= 4 is 5.91 Å². The minimum atomic E-state index is -0.524. The highest BCUT2D eigenvalue weighted by Crippen LogP contribution is 2.36. The molecule has 0 bridgehead atoms. The second-order valence-electron chi connectivity index (χ2n) is 3.74. The van der Waals surface area contributed by atoms with Crippen LogP contribution in [0.2, 0.25) is 0 Å². The van der Waals surface area contributed by atoms with E-state index in [-0.39, 0.29) is 5.91 Å². The molecule has 1 aromatic carbocycles. The highest BCUT2D eigenvalue weighted by molar-refractivity contribution is 5.82. The van der Waals surface area contributed by atoms with Crippen molar-refractivity contribution in [3.05, 3.63) is 23.8 Å². The first-order valence-corrected chi connectivity index (χ1v) is 5.34. The van der Waals surface area contributed by atoms with E-state index in [1.165, 1.54) is 0 Å². The van der Waals surface area contributed by atoms with Gasteiger partial charge >= 0.3 is 0 Å². The number of hydrogen-bond acceptors (Lipinski definition) is 4. The smallest absolute Gasteiger partial charge is 0.251 e. The maximum atomic E-state index is 11.4. The Morgan fingerprint density at radius 3 is 2.24 bits per heavy atom. The van der Waals surface area contributed by atoms with Crippen LogP contribution in [-0.4, -0.2) is 26.2 Å². The van der Waals surface area contributed by atoms with Gasteiger partial charge < -0.3 is 19.5 Å². The van der Waals surface area contributed by atoms with Crippen molar-refractivity contribution < 1.29 is 19.0 Å². The Hall–Kier alpha value is -1.75. The summed E-state index contributed by atoms with van der Waals surface area (Å²) in [5.74, 6) is 1.12. The standard InChI is InChI=1S/C12H15NO4/c1-7-11(14)13-12(17-7)10-8(15-2)5-4-6-9(10)16-3/h4-7,12H,1-3H3,(H,13,14). The van der Waals surface area contributed by atoms with Gasteiger partial charge in [-0.1, -0.05) is 6.07 Å². The van der Waals surface area contributed by atoms with Crippen LogP contribution in [0.15, 0.2) is 18.2 Å². The number of benzene rings is 1. The summed E-state index contributed by atoms with van der Waals surface area (Å²) < 4.78 is 16.0. The molecule has 1 amide bonds. The summed E-state index contributed by atoms with van der Waals surface area (Å²) in [6.45, 7) is 1.71. The van der Waals surface area contributed by atoms with E-state index in [0.717, 1.165) is 0 Å². The molecule has 2 rings (SSSR count). The summed E-state index contributed by atoms with van der Waals surface area (Å²) in [5.41, 5.74) is 0.704. The molecule has 5 nitrogen and oxygen atoms in total. The van der Waals surface area contributed by atoms with Crippen LogP contribution in [0.25, 0.3) is 0 Å². The lowest BCUT2D eigenvalue weighted by atomic mass is 10.1. The lowest BCUT2D eigenvalue weighted by Crippen LogP contribution is -2.22. The second kappa shape index (κ2) is 4.63. The number of carbonyl (C=O) groups is 1. The third kappa shape index (κ3) is 2.06. The number of hydrogen-bond donors (Lipinski definition) is 1. The van der Waals surface area contributed by atoms with Crippen LogP contribution in [0.4, 0.5) is 0 Å². The normalized spacial score (nSPS) is 23.4. The van der Waals surface area contributed by atoms with Crippen LogP contribution in [0.3, 0.4) is 0 Å². The SMILES string of the molecule is COc1cccc(OC)c1C1NC(=O)C(C)O1. The first-order chi connectivity index (χ1) is 8.17. The van der Waals surface area contributed by atoms with Gasteiger partial charge in [-0.05, 0) is 19.1 Å². The van der Waals surface area contributed by atoms with Gasteiger partial charge in [-0.2, -0.15) is 0 Å². The van der Waals surface area contributed by atoms with Gasteiger partial charge in [0.1, 0.15) is 17.6 Å². The number of nitrogens with one attached hydrogen (secondary N) is 1. The monoisotopic (exact) mass is 237 g/mol. The first-order valence-electron chi connectivity index (χ1n) is 5.34. The van der Waals surface area contributed by atoms with Gasteiger partial charge in [-0.25, -0.2) is 0 Å². The van der Waals surface area contributed by atoms with E-state index in [1.54, 1.807) is 33.3 Å². The lowest BCUT2D eigenvalue weighted by molar-refractivity contribution is -0.122. The van der Waals surface area contributed by atoms with Gasteiger partial charge in [0.15, 0.2) is 6.23 Å². The number of carbonyl (C=O) groups excluding carboxylic acids is 1. The van der Waals surface area contributed by atoms with Crippen LogP contribution < -0.4 is 14.8 Å². The van der Waals surface area contributed by atoms with Crippen molar-refractivity contribution in [2.75, 3.05) is 14.2 Å². The van der Waals surface area contributed by atoms with E-state index >= 15 is 0 Å². The molecule has 2 atom stereocenters. The van der Waals surface area contributed by atoms with E-state index < -0.39 is 12.3 Å². The summed E-state index contributed by atoms with van der Waals surface area (Å²) in [7, 11) is 3.14. The molecule has 92 valence electrons. The minimum absolute atomic E-state index is 0.136. The molecule has 1 saturated heterocycles. The third-order valence-corrected chi connectivity index (χ3v) is 2.71. The third-order valence-electron chi connectivity index (χ3n) is 2.71. The van der Waals surface area contributed by atoms with Crippen LogP contribution in [0, 0.1) is 0 Å². The second-order valence-corrected chi connectivity index (χ2v) is 3.74. The maximum absolute atomic E-state index is 11.4. The number of amides is 1. The molecule has 0 radical (unpaired) electrons. The van der Waals surface area contributed by atoms with Crippen LogP contribution in [-0.2, 0) is 9.53 Å². The molecular weight excluding hydrogens is 222 g/mol. The molecule has 1 aliphatic rings. The number of ether oxygens (including phenoxy) is 3. The van der Waals surface area contributed by atoms with Crippen molar-refractivity contribution in [1.82, 2.24) is 5.32 Å². The molecular formula is C12H15NO4. The van der Waals surface area contributed by atoms with Crippen molar-refractivity contribution in [3.63, 3.8) is 0 Å². The van der Waals surface area contributed by atoms with Gasteiger partial charge in [-0.3, -0.25) is 4.79 Å². The maximum Gasteiger partial charge on any atom is 0.251 e. The van der Waals surface area contributed by atoms with E-state index in [9.17, 15) is 4.79 Å². The Bertz CT molecular complexity index is 410. The summed E-state index contributed by atoms with van der Waals surface area (Å²) in [6.07, 6.45) is -0.988. The number of rotatable bonds is 3. The molecule has 1 aliphatic heterocycles. The molecule has 5 heteroatoms. The van der Waals surface area contributed by atoms with Crippen molar-refractivity contribution in [1.29, 1.82) is 0 Å². The molecule has 1 N–H and O–H groups in total. The van der Waals surface area contributed by atoms with Crippen LogP contribution in [0.5, 0.6) is 11.5 Å². The van der Waals surface area contributed by atoms with Crippen molar-refractivity contribution in [2.24, 2.45) is 0 Å². The Labute approximate surface area is 99.7 Å². The first kappa shape index (κ1) is 11.7. The van der Waals surface area contributed by atoms with Crippen molar-refractivity contribution in [3.8, 4) is 11.5 Å². The molecule has 0 saturated carbocycles. The molecule has 1 fully saturated rings. The fourth-order valence-electron chi connectivity index (χ4n) is 1.83. The highest BCUT2D eigenvalue weighted by atomic mass is 16.5. The fourth-order valence-corrected chi connectivity index (χ4v) is 1.83. The van der Waals surface area contributed by atoms with Gasteiger partial charge in [0.05, 0.1) is 19.8 Å². The highest BCUT2D eigenvalue weighted by Gasteiger charge is 2.33. The Morgan fingerprint density at radius 1 is 1.24 bits per heavy atom. The van der Waals surface area contributed by atoms with Gasteiger partial charge in [0.25, 0.3) is 5.91 Å². The summed E-state index contributed by atoms with van der Waals surface area (Å²) in [5, 5.41) is 2.75. The topological polar surface area (TPSA) is 56.8 Å². The Kier molecular flexibility index (Phi) is 3.19.